The molecule has 210 valence electrons. The van der Waals surface area contributed by atoms with Crippen LogP contribution < -0.4 is 10.1 Å². The van der Waals surface area contributed by atoms with Gasteiger partial charge in [0, 0.05) is 20.1 Å². The number of hydrazine groups is 1. The zero-order valence-electron chi connectivity index (χ0n) is 23.5. The molecule has 1 unspecified atom stereocenters. The van der Waals surface area contributed by atoms with Gasteiger partial charge >= 0.3 is 6.03 Å². The van der Waals surface area contributed by atoms with Crippen molar-refractivity contribution in [2.24, 2.45) is 5.92 Å². The molecule has 9 heteroatoms. The summed E-state index contributed by atoms with van der Waals surface area (Å²) in [6, 6.07) is 17.0. The van der Waals surface area contributed by atoms with Crippen molar-refractivity contribution in [2.45, 2.75) is 58.3 Å². The van der Waals surface area contributed by atoms with Gasteiger partial charge in [0.2, 0.25) is 11.8 Å². The number of ether oxygens (including phenoxy) is 1. The van der Waals surface area contributed by atoms with Crippen LogP contribution in [-0.4, -0.2) is 83.7 Å². The number of urea groups is 1. The molecule has 0 saturated carbocycles. The van der Waals surface area contributed by atoms with Crippen LogP contribution in [0.15, 0.2) is 54.6 Å². The number of carbonyl (C=O) groups excluding carboxylic acids is 3. The average Bonchev–Trinajstić information content (AvgIpc) is 2.95. The standard InChI is InChI=1S/C30H41N5O4/c1-5-22(2)28-29(37)33(18-10-9-13-23-11-7-6-8-12-23)20-26-34(28)27(36)21-32(3)35(26)30(38)31-19-24-14-16-25(39-4)17-15-24/h6-8,11-12,14-17,22,26,28H,5,9-10,13,18-21H2,1-4H3,(H,31,38)/t22?,26-,28-/m0/s1. The quantitative estimate of drug-likeness (QED) is 0.471. The average molecular weight is 536 g/mol. The van der Waals surface area contributed by atoms with Gasteiger partial charge in [-0.3, -0.25) is 9.59 Å². The number of fused-ring (bicyclic) bond motifs is 1. The van der Waals surface area contributed by atoms with Crippen LogP contribution in [0.5, 0.6) is 5.75 Å². The van der Waals surface area contributed by atoms with E-state index in [-0.39, 0.29) is 30.3 Å². The summed E-state index contributed by atoms with van der Waals surface area (Å²) in [6.07, 6.45) is 2.97. The molecule has 2 aromatic rings. The highest BCUT2D eigenvalue weighted by atomic mass is 16.5. The topological polar surface area (TPSA) is 85.4 Å². The third kappa shape index (κ3) is 6.53. The zero-order chi connectivity index (χ0) is 27.9. The summed E-state index contributed by atoms with van der Waals surface area (Å²) >= 11 is 0. The predicted molar refractivity (Wildman–Crippen MR) is 150 cm³/mol. The molecular weight excluding hydrogens is 494 g/mol. The zero-order valence-corrected chi connectivity index (χ0v) is 23.5. The SMILES string of the molecule is CCC(C)[C@H]1C(=O)N(CCCCc2ccccc2)C[C@H]2N1C(=O)CN(C)N2C(=O)NCc1ccc(OC)cc1. The van der Waals surface area contributed by atoms with E-state index in [1.54, 1.807) is 29.1 Å². The number of carbonyl (C=O) groups is 3. The Morgan fingerprint density at radius 2 is 1.77 bits per heavy atom. The van der Waals surface area contributed by atoms with E-state index in [2.05, 4.69) is 17.4 Å². The van der Waals surface area contributed by atoms with Crippen molar-refractivity contribution < 1.29 is 19.1 Å². The third-order valence-corrected chi connectivity index (χ3v) is 7.85. The summed E-state index contributed by atoms with van der Waals surface area (Å²) in [5, 5.41) is 6.29. The van der Waals surface area contributed by atoms with Crippen molar-refractivity contribution in [3.8, 4) is 5.75 Å². The number of benzene rings is 2. The Balaban J connectivity index is 1.49. The molecule has 0 spiro atoms. The van der Waals surface area contributed by atoms with Gasteiger partial charge < -0.3 is 19.9 Å². The number of hydrogen-bond donors (Lipinski definition) is 1. The number of unbranched alkanes of at least 4 members (excludes halogenated alkanes) is 1. The minimum atomic E-state index is -0.582. The molecule has 4 amide bonds. The molecule has 2 aliphatic heterocycles. The molecular formula is C30H41N5O4. The van der Waals surface area contributed by atoms with Crippen LogP contribution in [0.1, 0.15) is 44.2 Å². The van der Waals surface area contributed by atoms with Crippen LogP contribution in [0.4, 0.5) is 4.79 Å². The first kappa shape index (κ1) is 28.4. The van der Waals surface area contributed by atoms with Gasteiger partial charge in [-0.2, -0.15) is 0 Å². The molecule has 2 heterocycles. The molecule has 2 fully saturated rings. The maximum Gasteiger partial charge on any atom is 0.334 e. The van der Waals surface area contributed by atoms with Gasteiger partial charge in [0.25, 0.3) is 0 Å². The number of nitrogens with one attached hydrogen (secondary N) is 1. The highest BCUT2D eigenvalue weighted by Gasteiger charge is 2.51. The Kier molecular flexibility index (Phi) is 9.45. The smallest absolute Gasteiger partial charge is 0.334 e. The second-order valence-corrected chi connectivity index (χ2v) is 10.5. The lowest BCUT2D eigenvalue weighted by molar-refractivity contribution is -0.190. The Morgan fingerprint density at radius 3 is 2.44 bits per heavy atom. The number of piperazine rings is 1. The highest BCUT2D eigenvalue weighted by molar-refractivity contribution is 5.91. The van der Waals surface area contributed by atoms with Gasteiger partial charge in [-0.1, -0.05) is 62.7 Å². The Bertz CT molecular complexity index is 1130. The van der Waals surface area contributed by atoms with E-state index in [9.17, 15) is 14.4 Å². The van der Waals surface area contributed by atoms with Crippen molar-refractivity contribution >= 4 is 17.8 Å². The minimum Gasteiger partial charge on any atom is -0.497 e. The maximum absolute atomic E-state index is 13.7. The normalized spacial score (nSPS) is 20.6. The fourth-order valence-electron chi connectivity index (χ4n) is 5.48. The van der Waals surface area contributed by atoms with Crippen molar-refractivity contribution in [2.75, 3.05) is 33.8 Å². The lowest BCUT2D eigenvalue weighted by atomic mass is 9.92. The third-order valence-electron chi connectivity index (χ3n) is 7.85. The Hall–Kier alpha value is -3.59. The summed E-state index contributed by atoms with van der Waals surface area (Å²) in [5.74, 6) is 0.589. The highest BCUT2D eigenvalue weighted by Crippen LogP contribution is 2.30. The van der Waals surface area contributed by atoms with Gasteiger partial charge in [-0.25, -0.2) is 14.8 Å². The first-order chi connectivity index (χ1) is 18.8. The molecule has 3 atom stereocenters. The number of aryl methyl sites for hydroxylation is 1. The number of likely N-dealkylation sites (N-methyl/N-ethyl adjacent to an activating group) is 1. The molecule has 2 aromatic carbocycles. The first-order valence-electron chi connectivity index (χ1n) is 13.9. The molecule has 2 saturated heterocycles. The lowest BCUT2D eigenvalue weighted by Gasteiger charge is -2.55. The van der Waals surface area contributed by atoms with E-state index < -0.39 is 12.2 Å². The van der Waals surface area contributed by atoms with Gasteiger partial charge in [-0.15, -0.1) is 0 Å². The number of methoxy groups -OCH3 is 1. The monoisotopic (exact) mass is 535 g/mol. The summed E-state index contributed by atoms with van der Waals surface area (Å²) in [5.41, 5.74) is 2.22. The number of rotatable bonds is 10. The second kappa shape index (κ2) is 13.0. The molecule has 1 N–H and O–H groups in total. The Labute approximate surface area is 231 Å². The molecule has 2 aliphatic rings. The fraction of sp³-hybridized carbons (Fsp3) is 0.500. The molecule has 0 radical (unpaired) electrons. The van der Waals surface area contributed by atoms with E-state index >= 15 is 0 Å². The van der Waals surface area contributed by atoms with Crippen molar-refractivity contribution in [3.63, 3.8) is 0 Å². The summed E-state index contributed by atoms with van der Waals surface area (Å²) in [4.78, 5) is 44.0. The van der Waals surface area contributed by atoms with Crippen LogP contribution in [0.2, 0.25) is 0 Å². The summed E-state index contributed by atoms with van der Waals surface area (Å²) < 4.78 is 5.22. The van der Waals surface area contributed by atoms with Crippen molar-refractivity contribution in [1.82, 2.24) is 25.1 Å². The van der Waals surface area contributed by atoms with Crippen LogP contribution in [-0.2, 0) is 22.6 Å². The predicted octanol–water partition coefficient (Wildman–Crippen LogP) is 3.50. The molecule has 0 aromatic heterocycles. The van der Waals surface area contributed by atoms with Gasteiger partial charge in [0.15, 0.2) is 0 Å². The van der Waals surface area contributed by atoms with E-state index in [1.807, 2.05) is 61.2 Å². The van der Waals surface area contributed by atoms with Crippen LogP contribution in [0.3, 0.4) is 0 Å². The van der Waals surface area contributed by atoms with Crippen molar-refractivity contribution in [1.29, 1.82) is 0 Å². The van der Waals surface area contributed by atoms with E-state index in [0.717, 1.165) is 37.0 Å². The van der Waals surface area contributed by atoms with Gasteiger partial charge in [0.05, 0.1) is 20.2 Å². The molecule has 4 rings (SSSR count). The summed E-state index contributed by atoms with van der Waals surface area (Å²) in [7, 11) is 3.37. The van der Waals surface area contributed by atoms with Crippen LogP contribution in [0, 0.1) is 5.92 Å². The van der Waals surface area contributed by atoms with E-state index in [4.69, 9.17) is 4.74 Å². The molecule has 0 aliphatic carbocycles. The first-order valence-corrected chi connectivity index (χ1v) is 13.9. The second-order valence-electron chi connectivity index (χ2n) is 10.5. The van der Waals surface area contributed by atoms with Gasteiger partial charge in [-0.05, 0) is 48.4 Å². The maximum atomic E-state index is 13.7. The largest absolute Gasteiger partial charge is 0.497 e. The number of amides is 4. The van der Waals surface area contributed by atoms with Crippen LogP contribution >= 0.6 is 0 Å². The summed E-state index contributed by atoms with van der Waals surface area (Å²) in [6.45, 7) is 5.32. The van der Waals surface area contributed by atoms with Gasteiger partial charge in [0.1, 0.15) is 18.0 Å². The fourth-order valence-corrected chi connectivity index (χ4v) is 5.48. The number of nitrogens with zero attached hydrogens (tertiary/aromatic N) is 4. The van der Waals surface area contributed by atoms with Crippen LogP contribution in [0.25, 0.3) is 0 Å². The molecule has 39 heavy (non-hydrogen) atoms. The number of hydrogen-bond acceptors (Lipinski definition) is 5. The Morgan fingerprint density at radius 1 is 1.05 bits per heavy atom. The molecule has 9 nitrogen and oxygen atoms in total. The van der Waals surface area contributed by atoms with E-state index in [0.29, 0.717) is 19.6 Å². The van der Waals surface area contributed by atoms with Crippen molar-refractivity contribution in [3.05, 3.63) is 65.7 Å². The minimum absolute atomic E-state index is 0.0168. The molecule has 0 bridgehead atoms. The lowest BCUT2D eigenvalue weighted by Crippen LogP contribution is -2.76. The van der Waals surface area contributed by atoms with E-state index in [1.165, 1.54) is 5.56 Å².